The van der Waals surface area contributed by atoms with Gasteiger partial charge in [-0.15, -0.1) is 0 Å². The van der Waals surface area contributed by atoms with E-state index < -0.39 is 0 Å². The molecule has 0 saturated carbocycles. The summed E-state index contributed by atoms with van der Waals surface area (Å²) in [4.78, 5) is 9.11. The second-order valence-electron chi connectivity index (χ2n) is 5.12. The topological polar surface area (TPSA) is 70.1 Å². The number of rotatable bonds is 8. The van der Waals surface area contributed by atoms with E-state index in [-0.39, 0.29) is 12.1 Å². The average molecular weight is 280 g/mol. The lowest BCUT2D eigenvalue weighted by Gasteiger charge is -2.32. The summed E-state index contributed by atoms with van der Waals surface area (Å²) in [6.07, 6.45) is 2.49. The molecular weight excluding hydrogens is 252 g/mol. The van der Waals surface area contributed by atoms with Gasteiger partial charge in [0.15, 0.2) is 0 Å². The Hall–Kier alpha value is -1.36. The molecule has 0 amide bonds. The van der Waals surface area contributed by atoms with Crippen LogP contribution in [0.2, 0.25) is 0 Å². The van der Waals surface area contributed by atoms with Crippen molar-refractivity contribution in [2.45, 2.75) is 59.4 Å². The highest BCUT2D eigenvalue weighted by Crippen LogP contribution is 2.26. The van der Waals surface area contributed by atoms with Crippen molar-refractivity contribution in [2.24, 2.45) is 0 Å². The quantitative estimate of drug-likeness (QED) is 0.683. The first-order valence-electron chi connectivity index (χ1n) is 7.56. The third-order valence-corrected chi connectivity index (χ3v) is 3.89. The zero-order valence-electron chi connectivity index (χ0n) is 13.4. The Labute approximate surface area is 122 Å². The van der Waals surface area contributed by atoms with Crippen molar-refractivity contribution in [1.29, 1.82) is 0 Å². The number of aryl methyl sites for hydroxylation is 1. The first-order valence-corrected chi connectivity index (χ1v) is 7.56. The molecule has 114 valence electrons. The van der Waals surface area contributed by atoms with E-state index in [4.69, 9.17) is 0 Å². The van der Waals surface area contributed by atoms with Crippen LogP contribution in [0.1, 0.15) is 51.9 Å². The molecule has 0 unspecified atom stereocenters. The summed E-state index contributed by atoms with van der Waals surface area (Å²) in [7, 11) is 0. The second kappa shape index (κ2) is 7.43. The van der Waals surface area contributed by atoms with Gasteiger partial charge < -0.3 is 15.7 Å². The normalized spacial score (nSPS) is 11.5. The van der Waals surface area contributed by atoms with Crippen molar-refractivity contribution in [3.63, 3.8) is 0 Å². The maximum atomic E-state index is 9.71. The van der Waals surface area contributed by atoms with Gasteiger partial charge in [-0.1, -0.05) is 20.8 Å². The van der Waals surface area contributed by atoms with Gasteiger partial charge in [0.2, 0.25) is 0 Å². The van der Waals surface area contributed by atoms with Gasteiger partial charge in [-0.2, -0.15) is 0 Å². The summed E-state index contributed by atoms with van der Waals surface area (Å²) in [5, 5.41) is 16.4. The molecule has 0 fully saturated rings. The second-order valence-corrected chi connectivity index (χ2v) is 5.12. The molecule has 0 aliphatic rings. The summed E-state index contributed by atoms with van der Waals surface area (Å²) in [5.74, 6) is 2.51. The van der Waals surface area contributed by atoms with Gasteiger partial charge in [-0.25, -0.2) is 9.97 Å². The fourth-order valence-electron chi connectivity index (χ4n) is 2.12. The molecule has 0 aliphatic carbocycles. The van der Waals surface area contributed by atoms with Crippen LogP contribution in [0.3, 0.4) is 0 Å². The van der Waals surface area contributed by atoms with E-state index in [2.05, 4.69) is 41.4 Å². The molecule has 0 aromatic carbocycles. The predicted octanol–water partition coefficient (Wildman–Crippen LogP) is 2.74. The summed E-state index contributed by atoms with van der Waals surface area (Å²) in [5.41, 5.74) is 0.692. The summed E-state index contributed by atoms with van der Waals surface area (Å²) in [6, 6.07) is 0. The fraction of sp³-hybridized carbons (Fsp3) is 0.733. The van der Waals surface area contributed by atoms with Crippen LogP contribution in [0.4, 0.5) is 11.6 Å². The lowest BCUT2D eigenvalue weighted by molar-refractivity contribution is 0.202. The van der Waals surface area contributed by atoms with E-state index >= 15 is 0 Å². The lowest BCUT2D eigenvalue weighted by Crippen LogP contribution is -2.41. The zero-order valence-corrected chi connectivity index (χ0v) is 13.4. The molecule has 1 aromatic heterocycles. The molecule has 1 aromatic rings. The highest BCUT2D eigenvalue weighted by Gasteiger charge is 2.26. The molecule has 3 N–H and O–H groups in total. The molecule has 20 heavy (non-hydrogen) atoms. The van der Waals surface area contributed by atoms with E-state index in [1.54, 1.807) is 0 Å². The predicted molar refractivity (Wildman–Crippen MR) is 84.3 cm³/mol. The van der Waals surface area contributed by atoms with Gasteiger partial charge in [0, 0.05) is 18.5 Å². The number of hydrogen-bond acceptors (Lipinski definition) is 5. The van der Waals surface area contributed by atoms with Gasteiger partial charge in [0.25, 0.3) is 0 Å². The maximum absolute atomic E-state index is 9.71. The molecule has 5 nitrogen and oxygen atoms in total. The van der Waals surface area contributed by atoms with Crippen LogP contribution in [0.25, 0.3) is 0 Å². The molecule has 0 radical (unpaired) electrons. The van der Waals surface area contributed by atoms with Crippen molar-refractivity contribution in [3.8, 4) is 0 Å². The Balaban J connectivity index is 3.19. The Kier molecular flexibility index (Phi) is 6.20. The maximum Gasteiger partial charge on any atom is 0.135 e. The highest BCUT2D eigenvalue weighted by molar-refractivity contribution is 5.58. The Bertz CT molecular complexity index is 422. The first kappa shape index (κ1) is 16.7. The van der Waals surface area contributed by atoms with Crippen LogP contribution < -0.4 is 10.6 Å². The third kappa shape index (κ3) is 3.60. The number of aliphatic hydroxyl groups excluding tert-OH is 1. The number of hydrogen-bond donors (Lipinski definition) is 3. The Morgan fingerprint density at radius 3 is 2.10 bits per heavy atom. The fourth-order valence-corrected chi connectivity index (χ4v) is 2.12. The van der Waals surface area contributed by atoms with E-state index in [0.29, 0.717) is 0 Å². The monoisotopic (exact) mass is 280 g/mol. The molecular formula is C15H28N4O. The molecule has 0 bridgehead atoms. The Morgan fingerprint density at radius 1 is 1.05 bits per heavy atom. The third-order valence-electron chi connectivity index (χ3n) is 3.89. The van der Waals surface area contributed by atoms with E-state index in [1.807, 2.05) is 13.8 Å². The minimum atomic E-state index is -0.312. The van der Waals surface area contributed by atoms with Crippen LogP contribution in [-0.4, -0.2) is 33.8 Å². The average Bonchev–Trinajstić information content (AvgIpc) is 2.48. The number of nitrogens with zero attached hydrogens (tertiary/aromatic N) is 2. The molecule has 1 rings (SSSR count). The van der Waals surface area contributed by atoms with Crippen molar-refractivity contribution < 1.29 is 5.11 Å². The summed E-state index contributed by atoms with van der Waals surface area (Å²) in [6.45, 7) is 11.2. The number of anilines is 2. The summed E-state index contributed by atoms with van der Waals surface area (Å²) >= 11 is 0. The lowest BCUT2D eigenvalue weighted by atomic mass is 9.93. The van der Waals surface area contributed by atoms with Crippen molar-refractivity contribution in [2.75, 3.05) is 23.8 Å². The van der Waals surface area contributed by atoms with E-state index in [0.717, 1.165) is 48.8 Å². The van der Waals surface area contributed by atoms with Crippen molar-refractivity contribution in [1.82, 2.24) is 9.97 Å². The van der Waals surface area contributed by atoms with Crippen LogP contribution in [0.15, 0.2) is 0 Å². The van der Waals surface area contributed by atoms with Gasteiger partial charge in [-0.05, 0) is 26.7 Å². The smallest absolute Gasteiger partial charge is 0.135 e. The highest BCUT2D eigenvalue weighted by atomic mass is 16.3. The van der Waals surface area contributed by atoms with E-state index in [1.165, 1.54) is 0 Å². The van der Waals surface area contributed by atoms with Gasteiger partial charge in [0.05, 0.1) is 12.1 Å². The van der Waals surface area contributed by atoms with Gasteiger partial charge in [-0.3, -0.25) is 0 Å². The number of nitrogens with one attached hydrogen (secondary N) is 2. The molecule has 0 saturated heterocycles. The van der Waals surface area contributed by atoms with Crippen molar-refractivity contribution in [3.05, 3.63) is 11.4 Å². The van der Waals surface area contributed by atoms with E-state index in [9.17, 15) is 5.11 Å². The van der Waals surface area contributed by atoms with Gasteiger partial charge in [0.1, 0.15) is 17.5 Å². The SMILES string of the molecule is CCNc1nc(CC)nc(NC(CC)(CC)CO)c1C. The van der Waals surface area contributed by atoms with Crippen LogP contribution in [0.5, 0.6) is 0 Å². The van der Waals surface area contributed by atoms with Crippen molar-refractivity contribution >= 4 is 11.6 Å². The molecule has 5 heteroatoms. The molecule has 0 spiro atoms. The largest absolute Gasteiger partial charge is 0.394 e. The Morgan fingerprint density at radius 2 is 1.65 bits per heavy atom. The zero-order chi connectivity index (χ0) is 15.2. The molecule has 0 aliphatic heterocycles. The van der Waals surface area contributed by atoms with Crippen LogP contribution in [0, 0.1) is 6.92 Å². The number of aliphatic hydroxyl groups is 1. The first-order chi connectivity index (χ1) is 9.55. The van der Waals surface area contributed by atoms with Gasteiger partial charge >= 0.3 is 0 Å². The molecule has 1 heterocycles. The molecule has 0 atom stereocenters. The number of aromatic nitrogens is 2. The summed E-state index contributed by atoms with van der Waals surface area (Å²) < 4.78 is 0. The standard InChI is InChI=1S/C15H28N4O/c1-6-12-17-13(16-9-4)11(5)14(18-12)19-15(7-2,8-3)10-20/h20H,6-10H2,1-5H3,(H2,16,17,18,19). The minimum Gasteiger partial charge on any atom is -0.394 e. The minimum absolute atomic E-state index is 0.0987. The van der Waals surface area contributed by atoms with Crippen LogP contribution in [-0.2, 0) is 6.42 Å². The van der Waals surface area contributed by atoms with Crippen LogP contribution >= 0.6 is 0 Å².